The van der Waals surface area contributed by atoms with E-state index in [1.54, 1.807) is 18.2 Å². The highest BCUT2D eigenvalue weighted by Gasteiger charge is 2.45. The Morgan fingerprint density at radius 1 is 0.774 bits per heavy atom. The summed E-state index contributed by atoms with van der Waals surface area (Å²) in [5.41, 5.74) is 4.22. The summed E-state index contributed by atoms with van der Waals surface area (Å²) >= 11 is 0. The van der Waals surface area contributed by atoms with Crippen LogP contribution in [0.25, 0.3) is 0 Å². The molecule has 3 aliphatic heterocycles. The van der Waals surface area contributed by atoms with Crippen molar-refractivity contribution in [3.63, 3.8) is 0 Å². The van der Waals surface area contributed by atoms with E-state index >= 15 is 0 Å². The van der Waals surface area contributed by atoms with Gasteiger partial charge in [0.2, 0.25) is 11.6 Å². The summed E-state index contributed by atoms with van der Waals surface area (Å²) in [7, 11) is -13.7. The number of imide groups is 1. The van der Waals surface area contributed by atoms with Gasteiger partial charge in [-0.1, -0.05) is 48.8 Å². The Balaban J connectivity index is 1.37. The molecule has 0 aliphatic carbocycles. The molecule has 0 aromatic heterocycles. The van der Waals surface area contributed by atoms with E-state index in [4.69, 9.17) is 0 Å². The highest BCUT2D eigenvalue weighted by atomic mass is 32.2. The molecule has 3 heterocycles. The van der Waals surface area contributed by atoms with Gasteiger partial charge in [0.25, 0.3) is 11.8 Å². The van der Waals surface area contributed by atoms with Crippen molar-refractivity contribution in [2.24, 2.45) is 0 Å². The second-order valence-corrected chi connectivity index (χ2v) is 20.8. The van der Waals surface area contributed by atoms with Gasteiger partial charge in [-0.2, -0.15) is 4.58 Å². The molecule has 0 saturated carbocycles. The number of nitrogens with one attached hydrogen (secondary N) is 1. The Kier molecular flexibility index (Phi) is 15.0. The van der Waals surface area contributed by atoms with Gasteiger partial charge in [-0.05, 0) is 76.8 Å². The normalized spacial score (nSPS) is 19.5. The first-order valence-electron chi connectivity index (χ1n) is 20.3. The number of unbranched alkanes of at least 4 members (excludes halogenated alkanes) is 2. The zero-order chi connectivity index (χ0) is 45.7. The summed E-state index contributed by atoms with van der Waals surface area (Å²) < 4.78 is 107. The molecular weight excluding hydrogens is 861 g/mol. The maximum atomic E-state index is 12.5. The Morgan fingerprint density at radius 2 is 1.45 bits per heavy atom. The van der Waals surface area contributed by atoms with Gasteiger partial charge in [-0.15, -0.1) is 0 Å². The molecular formula is C43H52N4O12S3-2. The van der Waals surface area contributed by atoms with Gasteiger partial charge >= 0.3 is 0 Å². The molecule has 62 heavy (non-hydrogen) atoms. The first-order chi connectivity index (χ1) is 28.9. The summed E-state index contributed by atoms with van der Waals surface area (Å²) in [6.07, 6.45) is 14.6. The third kappa shape index (κ3) is 11.8. The number of nitrogens with zero attached hydrogens (tertiary/aromatic N) is 3. The lowest BCUT2D eigenvalue weighted by molar-refractivity contribution is -0.437. The molecule has 19 heteroatoms. The molecule has 2 aromatic carbocycles. The number of anilines is 1. The predicted molar refractivity (Wildman–Crippen MR) is 230 cm³/mol. The number of hydrogen-bond donors (Lipinski definition) is 1. The molecule has 0 spiro atoms. The van der Waals surface area contributed by atoms with Crippen molar-refractivity contribution in [2.75, 3.05) is 42.6 Å². The molecule has 2 aromatic rings. The number of allylic oxidation sites excluding steroid dienone is 6. The third-order valence-electron chi connectivity index (χ3n) is 11.5. The molecule has 1 unspecified atom stereocenters. The molecule has 3 amide bonds. The SMILES string of the molecule is Cc1ccc2c(c1)C(C)(CCCCCC(=O)NCCN1C(=O)C=CC1=O)C(=CC=CC=CC1=[N+](CCCS(=O)(=O)[O-])c3ccc(S(=O)(=O)[O-])cc3C1(C)C)N2CCCS(=O)(=O)[O-]. The van der Waals surface area contributed by atoms with Crippen molar-refractivity contribution in [1.82, 2.24) is 10.2 Å². The number of hydrogen-bond acceptors (Lipinski definition) is 13. The minimum Gasteiger partial charge on any atom is -0.748 e. The predicted octanol–water partition coefficient (Wildman–Crippen LogP) is 3.91. The van der Waals surface area contributed by atoms with Gasteiger partial charge in [-0.3, -0.25) is 19.3 Å². The van der Waals surface area contributed by atoms with Crippen molar-refractivity contribution in [2.45, 2.75) is 88.4 Å². The standard InChI is InChI=1S/C43H54N4O12S3/c1-31-16-18-36-34(29-31)43(4,22-10-6-9-15-39(48)44-23-26-47-40(49)20-21-41(47)50)38(46(36)25-12-28-61(54,55)56)14-8-5-7-13-37-42(2,3)33-30-32(62(57,58)59)17-19-35(33)45(37)24-11-27-60(51,52)53/h5,7-8,13-14,16-21,29-30H,6,9-12,15,22-28H2,1-4H3,(H3-,44,48,51,52,53,54,55,56,57,58,59)/p-2. The molecule has 3 aliphatic rings. The van der Waals surface area contributed by atoms with Crippen LogP contribution >= 0.6 is 0 Å². The Bertz CT molecular complexity index is 2580. The van der Waals surface area contributed by atoms with Crippen LogP contribution in [0.4, 0.5) is 11.4 Å². The Labute approximate surface area is 364 Å². The summed E-state index contributed by atoms with van der Waals surface area (Å²) in [4.78, 5) is 38.8. The van der Waals surface area contributed by atoms with Gasteiger partial charge < -0.3 is 23.9 Å². The van der Waals surface area contributed by atoms with E-state index in [1.807, 2.05) is 54.5 Å². The van der Waals surface area contributed by atoms with Gasteiger partial charge in [-0.25, -0.2) is 25.3 Å². The number of carbonyl (C=O) groups excluding carboxylic acids is 3. The molecule has 5 rings (SSSR count). The highest BCUT2D eigenvalue weighted by Crippen LogP contribution is 2.51. The van der Waals surface area contributed by atoms with Gasteiger partial charge in [0.15, 0.2) is 5.71 Å². The summed E-state index contributed by atoms with van der Waals surface area (Å²) in [5, 5.41) is 2.76. The van der Waals surface area contributed by atoms with Gasteiger partial charge in [0, 0.05) is 90.6 Å². The van der Waals surface area contributed by atoms with E-state index in [2.05, 4.69) is 18.3 Å². The molecule has 336 valence electrons. The van der Waals surface area contributed by atoms with Crippen molar-refractivity contribution in [3.05, 3.63) is 101 Å². The molecule has 0 saturated heterocycles. The van der Waals surface area contributed by atoms with E-state index in [0.29, 0.717) is 36.2 Å². The minimum absolute atomic E-state index is 0.000819. The minimum atomic E-state index is -4.77. The molecule has 0 bridgehead atoms. The maximum Gasteiger partial charge on any atom is 0.253 e. The van der Waals surface area contributed by atoms with E-state index in [0.717, 1.165) is 33.8 Å². The first kappa shape index (κ1) is 48.2. The van der Waals surface area contributed by atoms with Crippen LogP contribution in [-0.4, -0.2) is 110 Å². The fraction of sp³-hybridized carbons (Fsp3) is 0.442. The number of benzene rings is 2. The first-order valence-corrected chi connectivity index (χ1v) is 24.9. The van der Waals surface area contributed by atoms with Crippen molar-refractivity contribution >= 4 is 65.2 Å². The second kappa shape index (κ2) is 19.3. The lowest BCUT2D eigenvalue weighted by Gasteiger charge is -2.30. The summed E-state index contributed by atoms with van der Waals surface area (Å²) in [6, 6.07) is 10.1. The van der Waals surface area contributed by atoms with E-state index in [9.17, 15) is 53.3 Å². The largest absolute Gasteiger partial charge is 0.748 e. The summed E-state index contributed by atoms with van der Waals surface area (Å²) in [6.45, 7) is 8.41. The second-order valence-electron chi connectivity index (χ2n) is 16.4. The number of rotatable bonds is 21. The fourth-order valence-electron chi connectivity index (χ4n) is 8.37. The van der Waals surface area contributed by atoms with Crippen LogP contribution in [-0.2, 0) is 55.6 Å². The third-order valence-corrected chi connectivity index (χ3v) is 13.9. The van der Waals surface area contributed by atoms with Gasteiger partial charge in [0.1, 0.15) is 16.7 Å². The Hall–Kier alpha value is -4.79. The van der Waals surface area contributed by atoms with Crippen LogP contribution in [0.2, 0.25) is 0 Å². The molecule has 16 nitrogen and oxygen atoms in total. The van der Waals surface area contributed by atoms with Crippen LogP contribution in [0.1, 0.15) is 82.4 Å². The molecule has 0 fully saturated rings. The summed E-state index contributed by atoms with van der Waals surface area (Å²) in [5.74, 6) is -2.15. The van der Waals surface area contributed by atoms with Crippen molar-refractivity contribution in [1.29, 1.82) is 0 Å². The Morgan fingerprint density at radius 3 is 2.11 bits per heavy atom. The van der Waals surface area contributed by atoms with Crippen LogP contribution in [0.15, 0.2) is 89.5 Å². The monoisotopic (exact) mass is 912 g/mol. The maximum absolute atomic E-state index is 12.5. The average molecular weight is 913 g/mol. The molecule has 1 N–H and O–H groups in total. The number of fused-ring (bicyclic) bond motifs is 2. The lowest BCUT2D eigenvalue weighted by atomic mass is 9.76. The zero-order valence-electron chi connectivity index (χ0n) is 35.2. The smallest absolute Gasteiger partial charge is 0.253 e. The quantitative estimate of drug-likeness (QED) is 0.0615. The van der Waals surface area contributed by atoms with Crippen molar-refractivity contribution in [3.8, 4) is 0 Å². The average Bonchev–Trinajstić information content (AvgIpc) is 3.68. The van der Waals surface area contributed by atoms with Gasteiger partial charge in [0.05, 0.1) is 30.5 Å². The number of carbonyl (C=O) groups is 3. The van der Waals surface area contributed by atoms with Crippen LogP contribution in [0.3, 0.4) is 0 Å². The van der Waals surface area contributed by atoms with Crippen LogP contribution in [0, 0.1) is 6.92 Å². The number of aryl methyl sites for hydroxylation is 1. The van der Waals surface area contributed by atoms with Crippen LogP contribution in [0.5, 0.6) is 0 Å². The highest BCUT2D eigenvalue weighted by molar-refractivity contribution is 7.86. The lowest BCUT2D eigenvalue weighted by Crippen LogP contribution is -2.38. The fourth-order valence-corrected chi connectivity index (χ4v) is 9.83. The zero-order valence-corrected chi connectivity index (χ0v) is 37.6. The van der Waals surface area contributed by atoms with E-state index in [-0.39, 0.29) is 51.3 Å². The van der Waals surface area contributed by atoms with E-state index < -0.39 is 69.4 Å². The molecule has 0 radical (unpaired) electrons. The topological polar surface area (TPSA) is 244 Å². The number of amides is 3. The van der Waals surface area contributed by atoms with E-state index in [1.165, 1.54) is 30.4 Å². The van der Waals surface area contributed by atoms with Crippen molar-refractivity contribution < 1.29 is 57.9 Å². The molecule has 1 atom stereocenters. The van der Waals surface area contributed by atoms with Crippen LogP contribution < -0.4 is 10.2 Å².